The number of nitrogens with zero attached hydrogens (tertiary/aromatic N) is 2. The first-order valence-corrected chi connectivity index (χ1v) is 6.99. The van der Waals surface area contributed by atoms with E-state index in [1.165, 1.54) is 24.0 Å². The van der Waals surface area contributed by atoms with E-state index in [1.54, 1.807) is 27.8 Å². The molecule has 22 heavy (non-hydrogen) atoms. The molecule has 0 aromatic heterocycles. The summed E-state index contributed by atoms with van der Waals surface area (Å²) >= 11 is 0. The number of methoxy groups -OCH3 is 2. The smallest absolute Gasteiger partial charge is 0.411 e. The molecule has 0 bridgehead atoms. The molecule has 1 saturated heterocycles. The van der Waals surface area contributed by atoms with E-state index in [1.807, 2.05) is 0 Å². The van der Waals surface area contributed by atoms with Crippen LogP contribution in [0.5, 0.6) is 0 Å². The van der Waals surface area contributed by atoms with Crippen LogP contribution in [0.15, 0.2) is 0 Å². The van der Waals surface area contributed by atoms with Gasteiger partial charge in [0.15, 0.2) is 0 Å². The van der Waals surface area contributed by atoms with Crippen molar-refractivity contribution >= 4 is 18.2 Å². The number of esters is 1. The number of likely N-dealkylation sites (N-methyl/N-ethyl adjacent to an activating group) is 1. The number of carbonyl (C=O) groups is 3. The first-order valence-electron chi connectivity index (χ1n) is 6.99. The lowest BCUT2D eigenvalue weighted by Crippen LogP contribution is -2.44. The predicted molar refractivity (Wildman–Crippen MR) is 77.3 cm³/mol. The molecule has 8 heteroatoms. The van der Waals surface area contributed by atoms with Crippen molar-refractivity contribution in [2.45, 2.75) is 44.9 Å². The molecular formula is C14H24N2O6. The maximum Gasteiger partial charge on any atom is 0.411 e. The monoisotopic (exact) mass is 316 g/mol. The Bertz CT molecular complexity index is 445. The number of hydrogen-bond acceptors (Lipinski definition) is 6. The van der Waals surface area contributed by atoms with Crippen LogP contribution < -0.4 is 0 Å². The molecule has 0 aromatic rings. The standard InChI is InChI=1S/C14H24N2O6/c1-14(2,3)22-13(19)16-8-9(15(4)12(18)21-6)7-10(16)11(17)20-5/h9-10H,7-8H2,1-6H3/t9-,10-/m0/s1. The minimum atomic E-state index is -0.781. The predicted octanol–water partition coefficient (Wildman–Crippen LogP) is 1.24. The molecule has 2 atom stereocenters. The number of ether oxygens (including phenoxy) is 3. The first kappa shape index (κ1) is 18.1. The van der Waals surface area contributed by atoms with Crippen LogP contribution in [0.2, 0.25) is 0 Å². The second kappa shape index (κ2) is 6.85. The Morgan fingerprint density at radius 2 is 1.73 bits per heavy atom. The average Bonchev–Trinajstić information content (AvgIpc) is 2.88. The minimum Gasteiger partial charge on any atom is -0.467 e. The van der Waals surface area contributed by atoms with Gasteiger partial charge < -0.3 is 19.1 Å². The van der Waals surface area contributed by atoms with Gasteiger partial charge in [-0.1, -0.05) is 0 Å². The molecule has 1 fully saturated rings. The van der Waals surface area contributed by atoms with Crippen molar-refractivity contribution in [1.29, 1.82) is 0 Å². The van der Waals surface area contributed by atoms with Gasteiger partial charge in [-0.2, -0.15) is 0 Å². The Balaban J connectivity index is 2.91. The van der Waals surface area contributed by atoms with Gasteiger partial charge in [0, 0.05) is 20.0 Å². The molecule has 1 aliphatic heterocycles. The molecule has 1 rings (SSSR count). The van der Waals surface area contributed by atoms with Crippen LogP contribution in [-0.2, 0) is 19.0 Å². The average molecular weight is 316 g/mol. The Kier molecular flexibility index (Phi) is 5.62. The Labute approximate surface area is 130 Å². The molecule has 0 aliphatic carbocycles. The third-order valence-corrected chi connectivity index (χ3v) is 3.39. The van der Waals surface area contributed by atoms with Crippen LogP contribution in [0.3, 0.4) is 0 Å². The van der Waals surface area contributed by atoms with Crippen LogP contribution in [0.4, 0.5) is 9.59 Å². The summed E-state index contributed by atoms with van der Waals surface area (Å²) in [7, 11) is 4.09. The second-order valence-electron chi connectivity index (χ2n) is 6.14. The fourth-order valence-corrected chi connectivity index (χ4v) is 2.27. The van der Waals surface area contributed by atoms with Crippen molar-refractivity contribution in [3.63, 3.8) is 0 Å². The van der Waals surface area contributed by atoms with Crippen molar-refractivity contribution < 1.29 is 28.6 Å². The van der Waals surface area contributed by atoms with E-state index >= 15 is 0 Å². The van der Waals surface area contributed by atoms with E-state index in [0.29, 0.717) is 0 Å². The fourth-order valence-electron chi connectivity index (χ4n) is 2.27. The highest BCUT2D eigenvalue weighted by molar-refractivity contribution is 5.82. The van der Waals surface area contributed by atoms with Crippen molar-refractivity contribution in [2.24, 2.45) is 0 Å². The highest BCUT2D eigenvalue weighted by Gasteiger charge is 2.44. The topological polar surface area (TPSA) is 85.4 Å². The van der Waals surface area contributed by atoms with Gasteiger partial charge in [-0.25, -0.2) is 14.4 Å². The van der Waals surface area contributed by atoms with Crippen LogP contribution in [0, 0.1) is 0 Å². The number of hydrogen-bond donors (Lipinski definition) is 0. The molecule has 0 spiro atoms. The second-order valence-corrected chi connectivity index (χ2v) is 6.14. The fraction of sp³-hybridized carbons (Fsp3) is 0.786. The zero-order valence-corrected chi connectivity index (χ0v) is 13.9. The van der Waals surface area contributed by atoms with E-state index in [9.17, 15) is 14.4 Å². The van der Waals surface area contributed by atoms with E-state index in [-0.39, 0.29) is 19.0 Å². The Hall–Kier alpha value is -1.99. The minimum absolute atomic E-state index is 0.181. The van der Waals surface area contributed by atoms with Gasteiger partial charge in [0.1, 0.15) is 11.6 Å². The summed E-state index contributed by atoms with van der Waals surface area (Å²) in [5, 5.41) is 0. The summed E-state index contributed by atoms with van der Waals surface area (Å²) in [5.41, 5.74) is -0.676. The lowest BCUT2D eigenvalue weighted by atomic mass is 10.1. The van der Waals surface area contributed by atoms with E-state index < -0.39 is 29.8 Å². The first-order chi connectivity index (χ1) is 10.1. The molecule has 2 amide bonds. The van der Waals surface area contributed by atoms with Gasteiger partial charge in [0.05, 0.1) is 20.3 Å². The number of likely N-dealkylation sites (tertiary alicyclic amines) is 1. The van der Waals surface area contributed by atoms with E-state index in [2.05, 4.69) is 4.74 Å². The lowest BCUT2D eigenvalue weighted by Gasteiger charge is -2.27. The zero-order valence-electron chi connectivity index (χ0n) is 13.9. The summed E-state index contributed by atoms with van der Waals surface area (Å²) in [6.07, 6.45) is -0.861. The van der Waals surface area contributed by atoms with Gasteiger partial charge in [0.25, 0.3) is 0 Å². The van der Waals surface area contributed by atoms with Gasteiger partial charge in [-0.15, -0.1) is 0 Å². The maximum atomic E-state index is 12.3. The van der Waals surface area contributed by atoms with Crippen molar-refractivity contribution in [1.82, 2.24) is 9.80 Å². The Morgan fingerprint density at radius 3 is 2.18 bits per heavy atom. The van der Waals surface area contributed by atoms with Crippen LogP contribution in [-0.4, -0.2) is 73.5 Å². The summed E-state index contributed by atoms with van der Waals surface area (Å²) < 4.78 is 14.7. The molecule has 8 nitrogen and oxygen atoms in total. The summed E-state index contributed by atoms with van der Waals surface area (Å²) in [6.45, 7) is 5.41. The Morgan fingerprint density at radius 1 is 1.14 bits per heavy atom. The summed E-state index contributed by atoms with van der Waals surface area (Å²) in [4.78, 5) is 38.4. The molecule has 0 radical (unpaired) electrons. The van der Waals surface area contributed by atoms with Gasteiger partial charge in [-0.05, 0) is 20.8 Å². The molecule has 0 aromatic carbocycles. The normalized spacial score (nSPS) is 21.3. The molecule has 126 valence electrons. The third-order valence-electron chi connectivity index (χ3n) is 3.39. The molecule has 1 heterocycles. The SMILES string of the molecule is COC(=O)[C@@H]1C[C@H](N(C)C(=O)OC)CN1C(=O)OC(C)(C)C. The molecule has 0 N–H and O–H groups in total. The summed E-state index contributed by atoms with van der Waals surface area (Å²) in [5.74, 6) is -0.536. The molecule has 1 aliphatic rings. The van der Waals surface area contributed by atoms with Crippen molar-refractivity contribution in [3.8, 4) is 0 Å². The van der Waals surface area contributed by atoms with Crippen molar-refractivity contribution in [2.75, 3.05) is 27.8 Å². The zero-order chi connectivity index (χ0) is 17.1. The highest BCUT2D eigenvalue weighted by Crippen LogP contribution is 2.25. The van der Waals surface area contributed by atoms with Gasteiger partial charge >= 0.3 is 18.2 Å². The van der Waals surface area contributed by atoms with Crippen LogP contribution >= 0.6 is 0 Å². The molecule has 0 unspecified atom stereocenters. The maximum absolute atomic E-state index is 12.3. The molecular weight excluding hydrogens is 292 g/mol. The number of carbonyl (C=O) groups excluding carboxylic acids is 3. The van der Waals surface area contributed by atoms with Gasteiger partial charge in [-0.3, -0.25) is 4.90 Å². The molecule has 0 saturated carbocycles. The quantitative estimate of drug-likeness (QED) is 0.563. The largest absolute Gasteiger partial charge is 0.467 e. The number of rotatable bonds is 2. The third kappa shape index (κ3) is 4.25. The van der Waals surface area contributed by atoms with E-state index in [4.69, 9.17) is 9.47 Å². The van der Waals surface area contributed by atoms with Crippen LogP contribution in [0.1, 0.15) is 27.2 Å². The highest BCUT2D eigenvalue weighted by atomic mass is 16.6. The van der Waals surface area contributed by atoms with Crippen LogP contribution in [0.25, 0.3) is 0 Å². The van der Waals surface area contributed by atoms with E-state index in [0.717, 1.165) is 0 Å². The lowest BCUT2D eigenvalue weighted by molar-refractivity contribution is -0.145. The van der Waals surface area contributed by atoms with Gasteiger partial charge in [0.2, 0.25) is 0 Å². The number of amides is 2. The van der Waals surface area contributed by atoms with Crippen molar-refractivity contribution in [3.05, 3.63) is 0 Å². The summed E-state index contributed by atoms with van der Waals surface area (Å²) in [6, 6.07) is -1.12.